The van der Waals surface area contributed by atoms with Gasteiger partial charge in [0.15, 0.2) is 21.8 Å². The molecule has 0 unspecified atom stereocenters. The van der Waals surface area contributed by atoms with Crippen molar-refractivity contribution in [3.63, 3.8) is 0 Å². The minimum absolute atomic E-state index is 0.0904. The third-order valence-electron chi connectivity index (χ3n) is 5.73. The van der Waals surface area contributed by atoms with E-state index in [0.717, 1.165) is 6.42 Å². The first-order valence-corrected chi connectivity index (χ1v) is 18.6. The Hall–Kier alpha value is -2.56. The molecule has 5 aromatic rings. The van der Waals surface area contributed by atoms with Gasteiger partial charge in [-0.25, -0.2) is 37.3 Å². The molecule has 12 heteroatoms. The van der Waals surface area contributed by atoms with E-state index < -0.39 is 20.5 Å². The van der Waals surface area contributed by atoms with Gasteiger partial charge >= 0.3 is 21.2 Å². The molecule has 0 heterocycles. The molecule has 0 aromatic heterocycles. The zero-order valence-corrected chi connectivity index (χ0v) is 27.7. The zero-order chi connectivity index (χ0) is 32.2. The molecule has 0 atom stereocenters. The molecule has 0 aliphatic heterocycles. The average Bonchev–Trinajstić information content (AvgIpc) is 2.96. The Bertz CT molecular complexity index is 1490. The van der Waals surface area contributed by atoms with E-state index in [9.17, 15) is 0 Å². The highest BCUT2D eigenvalue weighted by molar-refractivity contribution is 7.97. The molecule has 5 rings (SSSR count). The van der Waals surface area contributed by atoms with Crippen LogP contribution in [0.25, 0.3) is 0 Å². The van der Waals surface area contributed by atoms with Gasteiger partial charge in [0.25, 0.3) is 0 Å². The molecular formula is C32H27Cl2IO8S. The molecule has 0 saturated heterocycles. The number of rotatable bonds is 7. The van der Waals surface area contributed by atoms with Crippen molar-refractivity contribution in [2.24, 2.45) is 0 Å². The van der Waals surface area contributed by atoms with Crippen molar-refractivity contribution in [2.45, 2.75) is 28.0 Å². The van der Waals surface area contributed by atoms with E-state index in [1.165, 1.54) is 38.5 Å². The van der Waals surface area contributed by atoms with Crippen LogP contribution in [0.5, 0.6) is 0 Å². The molecule has 0 aliphatic carbocycles. The first-order valence-electron chi connectivity index (χ1n) is 12.7. The Morgan fingerprint density at radius 1 is 0.477 bits per heavy atom. The highest BCUT2D eigenvalue weighted by Gasteiger charge is 2.28. The lowest BCUT2D eigenvalue weighted by Crippen LogP contribution is -3.61. The molecular weight excluding hydrogens is 742 g/mol. The lowest BCUT2D eigenvalue weighted by atomic mass is 10.1. The number of halogens is 3. The fraction of sp³-hybridized carbons (Fsp3) is 0.0625. The third-order valence-corrected chi connectivity index (χ3v) is 11.1. The predicted molar refractivity (Wildman–Crippen MR) is 139 cm³/mol. The average molecular weight is 769 g/mol. The van der Waals surface area contributed by atoms with Crippen LogP contribution in [0.4, 0.5) is 0 Å². The van der Waals surface area contributed by atoms with Crippen LogP contribution in [0.15, 0.2) is 148 Å². The minimum atomic E-state index is -4.94. The van der Waals surface area contributed by atoms with E-state index in [-0.39, 0.29) is 32.1 Å². The first kappa shape index (κ1) is 35.9. The summed E-state index contributed by atoms with van der Waals surface area (Å²) in [6.45, 7) is 2.22. The highest BCUT2D eigenvalue weighted by atomic mass is 127. The van der Waals surface area contributed by atoms with Crippen molar-refractivity contribution in [2.75, 3.05) is 0 Å². The van der Waals surface area contributed by atoms with Gasteiger partial charge in [0.1, 0.15) is 0 Å². The minimum Gasteiger partial charge on any atom is -0.222 e. The van der Waals surface area contributed by atoms with Crippen LogP contribution in [0, 0.1) is 34.6 Å². The van der Waals surface area contributed by atoms with E-state index >= 15 is 0 Å². The van der Waals surface area contributed by atoms with Gasteiger partial charge in [-0.3, -0.25) is 0 Å². The SMILES string of the molecule is Cc1ccccc1[I+]c1ccc(Cc2ccc([S+](c3ccccc3)c3ccccc3)cc2)cc1.[O-][Cl+3]([O-])([O-])[O-].[O-][Cl+3]([O-])([O-])[O-]. The Labute approximate surface area is 273 Å². The third kappa shape index (κ3) is 14.0. The lowest BCUT2D eigenvalue weighted by Gasteiger charge is -2.17. The monoisotopic (exact) mass is 768 g/mol. The van der Waals surface area contributed by atoms with E-state index in [0.29, 0.717) is 0 Å². The molecule has 8 nitrogen and oxygen atoms in total. The fourth-order valence-corrected chi connectivity index (χ4v) is 8.41. The standard InChI is InChI=1S/C32H27IS.2ClHO4/c1-25-10-8-9-15-32(25)33-28-20-16-26(17-21-28)24-27-18-22-31(23-19-27)34(29-11-4-2-5-12-29)30-13-6-3-7-14-30;2*2-1(3,4)5/h2-23H,24H2,1H3;2*(H,2,3,4,5)/q+2;;/p-2. The van der Waals surface area contributed by atoms with Gasteiger partial charge in [0, 0.05) is 5.56 Å². The summed E-state index contributed by atoms with van der Waals surface area (Å²) in [4.78, 5) is 4.07. The van der Waals surface area contributed by atoms with Gasteiger partial charge in [-0.15, -0.1) is 20.5 Å². The molecule has 0 spiro atoms. The summed E-state index contributed by atoms with van der Waals surface area (Å²) < 4.78 is 70.9. The van der Waals surface area contributed by atoms with Crippen LogP contribution in [-0.4, -0.2) is 0 Å². The molecule has 0 N–H and O–H groups in total. The molecule has 0 amide bonds. The predicted octanol–water partition coefficient (Wildman–Crippen LogP) is -4.70. The van der Waals surface area contributed by atoms with Crippen molar-refractivity contribution < 1.29 is 79.0 Å². The zero-order valence-electron chi connectivity index (χ0n) is 23.2. The largest absolute Gasteiger partial charge is 0.358 e. The van der Waals surface area contributed by atoms with Gasteiger partial charge in [0.05, 0.1) is 10.9 Å². The summed E-state index contributed by atoms with van der Waals surface area (Å²) in [5.74, 6) is 0. The highest BCUT2D eigenvalue weighted by Crippen LogP contribution is 2.31. The van der Waals surface area contributed by atoms with Crippen molar-refractivity contribution in [3.05, 3.63) is 157 Å². The van der Waals surface area contributed by atoms with E-state index in [1.807, 2.05) is 0 Å². The van der Waals surface area contributed by atoms with Crippen molar-refractivity contribution in [1.82, 2.24) is 0 Å². The summed E-state index contributed by atoms with van der Waals surface area (Å²) in [5.41, 5.74) is 4.13. The topological polar surface area (TPSA) is 184 Å². The molecule has 0 aliphatic rings. The lowest BCUT2D eigenvalue weighted by molar-refractivity contribution is -2.00. The summed E-state index contributed by atoms with van der Waals surface area (Å²) in [5, 5.41) is 0. The van der Waals surface area contributed by atoms with Crippen molar-refractivity contribution in [1.29, 1.82) is 0 Å². The summed E-state index contributed by atoms with van der Waals surface area (Å²) in [7, 11) is -9.98. The molecule has 5 aromatic carbocycles. The fourth-order valence-electron chi connectivity index (χ4n) is 3.94. The number of hydrogen-bond acceptors (Lipinski definition) is 8. The molecule has 0 fully saturated rings. The van der Waals surface area contributed by atoms with Gasteiger partial charge in [0.2, 0.25) is 0 Å². The van der Waals surface area contributed by atoms with Crippen LogP contribution in [-0.2, 0) is 17.3 Å². The van der Waals surface area contributed by atoms with Gasteiger partial charge in [-0.2, -0.15) is 0 Å². The molecule has 0 radical (unpaired) electrons. The van der Waals surface area contributed by atoms with Crippen LogP contribution >= 0.6 is 0 Å². The number of benzene rings is 5. The van der Waals surface area contributed by atoms with E-state index in [2.05, 4.69) is 140 Å². The second kappa shape index (κ2) is 17.2. The Kier molecular flexibility index (Phi) is 14.1. The maximum atomic E-state index is 8.49. The van der Waals surface area contributed by atoms with Gasteiger partial charge in [-0.1, -0.05) is 78.9 Å². The molecule has 0 saturated carbocycles. The van der Waals surface area contributed by atoms with Crippen molar-refractivity contribution in [3.8, 4) is 0 Å². The molecule has 44 heavy (non-hydrogen) atoms. The van der Waals surface area contributed by atoms with E-state index in [1.54, 1.807) is 0 Å². The van der Waals surface area contributed by atoms with Gasteiger partial charge in [-0.05, 0) is 79.1 Å². The maximum Gasteiger partial charge on any atom is 0.358 e. The first-order chi connectivity index (χ1) is 20.8. The number of aryl methyl sites for hydroxylation is 1. The number of hydrogen-bond donors (Lipinski definition) is 0. The smallest absolute Gasteiger partial charge is 0.222 e. The van der Waals surface area contributed by atoms with Crippen LogP contribution in [0.2, 0.25) is 0 Å². The van der Waals surface area contributed by atoms with Crippen LogP contribution in [0.3, 0.4) is 0 Å². The Morgan fingerprint density at radius 2 is 0.841 bits per heavy atom. The molecule has 0 bridgehead atoms. The maximum absolute atomic E-state index is 8.49. The summed E-state index contributed by atoms with van der Waals surface area (Å²) >= 11 is -0.122. The molecule has 230 valence electrons. The summed E-state index contributed by atoms with van der Waals surface area (Å²) in [6, 6.07) is 49.0. The second-order valence-electron chi connectivity index (χ2n) is 8.98. The van der Waals surface area contributed by atoms with Gasteiger partial charge < -0.3 is 0 Å². The Balaban J connectivity index is 0.000000461. The normalized spacial score (nSPS) is 11.2. The Morgan fingerprint density at radius 3 is 1.27 bits per heavy atom. The second-order valence-corrected chi connectivity index (χ2v) is 15.5. The van der Waals surface area contributed by atoms with Crippen molar-refractivity contribution >= 4 is 10.9 Å². The van der Waals surface area contributed by atoms with Crippen LogP contribution < -0.4 is 58.5 Å². The van der Waals surface area contributed by atoms with Crippen LogP contribution in [0.1, 0.15) is 16.7 Å². The summed E-state index contributed by atoms with van der Waals surface area (Å²) in [6.07, 6.45) is 0.966. The van der Waals surface area contributed by atoms with E-state index in [4.69, 9.17) is 37.3 Å². The quantitative estimate of drug-likeness (QED) is 0.117.